The first-order valence-corrected chi connectivity index (χ1v) is 11.7. The van der Waals surface area contributed by atoms with Gasteiger partial charge in [-0.2, -0.15) is 10.2 Å². The van der Waals surface area contributed by atoms with Gasteiger partial charge in [0.2, 0.25) is 0 Å². The third-order valence-electron chi connectivity index (χ3n) is 5.96. The molecule has 0 radical (unpaired) electrons. The van der Waals surface area contributed by atoms with E-state index in [0.29, 0.717) is 31.1 Å². The first-order chi connectivity index (χ1) is 16.2. The second-order valence-corrected chi connectivity index (χ2v) is 9.28. The van der Waals surface area contributed by atoms with Gasteiger partial charge in [0.15, 0.2) is 11.5 Å². The van der Waals surface area contributed by atoms with Gasteiger partial charge in [0.05, 0.1) is 37.2 Å². The summed E-state index contributed by atoms with van der Waals surface area (Å²) in [5.74, 6) is 1.41. The Labute approximate surface area is 200 Å². The highest BCUT2D eigenvalue weighted by molar-refractivity contribution is 5.93. The molecule has 1 aliphatic rings. The van der Waals surface area contributed by atoms with Gasteiger partial charge in [-0.1, -0.05) is 32.1 Å². The Morgan fingerprint density at radius 3 is 2.65 bits per heavy atom. The highest BCUT2D eigenvalue weighted by atomic mass is 16.5. The molecule has 1 unspecified atom stereocenters. The summed E-state index contributed by atoms with van der Waals surface area (Å²) in [6.07, 6.45) is 0.849. The number of H-pyrrole nitrogens is 1. The first kappa shape index (κ1) is 23.6. The Kier molecular flexibility index (Phi) is 6.77. The number of allylic oxidation sites excluding steroid dienone is 1. The maximum atomic E-state index is 13.2. The van der Waals surface area contributed by atoms with E-state index in [9.17, 15) is 4.79 Å². The SMILES string of the molecule is C=C(C)Cn1nc(C)c(-c2cc(C(=O)NC(c3ccc4c(c3)OCCCO4)C(C)C)[nH]n2)c1C. The lowest BCUT2D eigenvalue weighted by molar-refractivity contribution is 0.0920. The van der Waals surface area contributed by atoms with Crippen LogP contribution in [0.4, 0.5) is 0 Å². The number of benzene rings is 1. The van der Waals surface area contributed by atoms with E-state index in [4.69, 9.17) is 9.47 Å². The van der Waals surface area contributed by atoms with Crippen molar-refractivity contribution in [3.05, 3.63) is 59.1 Å². The van der Waals surface area contributed by atoms with Crippen molar-refractivity contribution < 1.29 is 14.3 Å². The van der Waals surface area contributed by atoms with Crippen molar-refractivity contribution in [3.63, 3.8) is 0 Å². The molecule has 34 heavy (non-hydrogen) atoms. The van der Waals surface area contributed by atoms with Crippen LogP contribution < -0.4 is 14.8 Å². The van der Waals surface area contributed by atoms with E-state index in [1.807, 2.05) is 43.7 Å². The van der Waals surface area contributed by atoms with Gasteiger partial charge in [0.25, 0.3) is 5.91 Å². The molecule has 3 heterocycles. The number of aryl methyl sites for hydroxylation is 1. The minimum absolute atomic E-state index is 0.168. The number of fused-ring (bicyclic) bond motifs is 1. The Hall–Kier alpha value is -3.55. The second kappa shape index (κ2) is 9.75. The number of rotatable bonds is 7. The van der Waals surface area contributed by atoms with Crippen LogP contribution in [0, 0.1) is 19.8 Å². The fourth-order valence-electron chi connectivity index (χ4n) is 4.27. The minimum atomic E-state index is -0.214. The summed E-state index contributed by atoms with van der Waals surface area (Å²) in [7, 11) is 0. The topological polar surface area (TPSA) is 94.1 Å². The molecule has 0 fully saturated rings. The minimum Gasteiger partial charge on any atom is -0.490 e. The molecule has 2 aromatic heterocycles. The molecular formula is C26H33N5O3. The maximum Gasteiger partial charge on any atom is 0.269 e. The number of aromatic amines is 1. The molecule has 1 aromatic carbocycles. The van der Waals surface area contributed by atoms with Gasteiger partial charge in [0.1, 0.15) is 5.69 Å². The van der Waals surface area contributed by atoms with Crippen LogP contribution >= 0.6 is 0 Å². The lowest BCUT2D eigenvalue weighted by Crippen LogP contribution is -2.32. The average molecular weight is 464 g/mol. The van der Waals surface area contributed by atoms with Crippen LogP contribution in [0.15, 0.2) is 36.4 Å². The van der Waals surface area contributed by atoms with Gasteiger partial charge < -0.3 is 14.8 Å². The molecule has 2 N–H and O–H groups in total. The predicted molar refractivity (Wildman–Crippen MR) is 131 cm³/mol. The van der Waals surface area contributed by atoms with Crippen LogP contribution in [0.3, 0.4) is 0 Å². The number of nitrogens with one attached hydrogen (secondary N) is 2. The molecule has 0 bridgehead atoms. The molecule has 3 aromatic rings. The van der Waals surface area contributed by atoms with Crippen LogP contribution in [0.25, 0.3) is 11.3 Å². The standard InChI is InChI=1S/C26H33N5O3/c1-15(2)14-31-18(6)24(17(5)30-31)20-13-21(29-28-20)26(32)27-25(16(3)4)19-8-9-22-23(12-19)34-11-7-10-33-22/h8-9,12-13,16,25H,1,7,10-11,14H2,2-6H3,(H,27,32)(H,28,29). The largest absolute Gasteiger partial charge is 0.490 e. The molecule has 0 spiro atoms. The monoisotopic (exact) mass is 463 g/mol. The van der Waals surface area contributed by atoms with Crippen molar-refractivity contribution in [2.24, 2.45) is 5.92 Å². The van der Waals surface area contributed by atoms with E-state index >= 15 is 0 Å². The van der Waals surface area contributed by atoms with Gasteiger partial charge in [-0.3, -0.25) is 14.6 Å². The van der Waals surface area contributed by atoms with Gasteiger partial charge >= 0.3 is 0 Å². The van der Waals surface area contributed by atoms with Crippen LogP contribution in [-0.2, 0) is 6.54 Å². The van der Waals surface area contributed by atoms with Gasteiger partial charge in [0, 0.05) is 17.7 Å². The molecular weight excluding hydrogens is 430 g/mol. The Balaban J connectivity index is 1.55. The van der Waals surface area contributed by atoms with Crippen molar-refractivity contribution in [2.75, 3.05) is 13.2 Å². The first-order valence-electron chi connectivity index (χ1n) is 11.7. The maximum absolute atomic E-state index is 13.2. The molecule has 1 amide bonds. The van der Waals surface area contributed by atoms with E-state index in [1.165, 1.54) is 0 Å². The van der Waals surface area contributed by atoms with E-state index < -0.39 is 0 Å². The van der Waals surface area contributed by atoms with E-state index in [-0.39, 0.29) is 17.9 Å². The highest BCUT2D eigenvalue weighted by Gasteiger charge is 2.24. The molecule has 180 valence electrons. The molecule has 0 saturated heterocycles. The summed E-state index contributed by atoms with van der Waals surface area (Å²) in [4.78, 5) is 13.2. The van der Waals surface area contributed by atoms with Crippen LogP contribution in [0.2, 0.25) is 0 Å². The highest BCUT2D eigenvalue weighted by Crippen LogP contribution is 2.34. The molecule has 1 atom stereocenters. The van der Waals surface area contributed by atoms with Gasteiger partial charge in [-0.25, -0.2) is 0 Å². The number of hydrogen-bond donors (Lipinski definition) is 2. The van der Waals surface area contributed by atoms with Crippen molar-refractivity contribution in [1.82, 2.24) is 25.3 Å². The number of carbonyl (C=O) groups is 1. The van der Waals surface area contributed by atoms with Crippen LogP contribution in [-0.4, -0.2) is 39.1 Å². The molecule has 0 aliphatic carbocycles. The zero-order valence-corrected chi connectivity index (χ0v) is 20.6. The number of nitrogens with zero attached hydrogens (tertiary/aromatic N) is 3. The van der Waals surface area contributed by atoms with Gasteiger partial charge in [-0.05, 0) is 50.5 Å². The normalized spacial score (nSPS) is 14.1. The average Bonchev–Trinajstić information content (AvgIpc) is 3.27. The van der Waals surface area contributed by atoms with Crippen molar-refractivity contribution in [1.29, 1.82) is 0 Å². The Morgan fingerprint density at radius 1 is 1.21 bits per heavy atom. The summed E-state index contributed by atoms with van der Waals surface area (Å²) >= 11 is 0. The zero-order chi connectivity index (χ0) is 24.4. The van der Waals surface area contributed by atoms with Crippen LogP contribution in [0.1, 0.15) is 60.7 Å². The quantitative estimate of drug-likeness (QED) is 0.493. The fraction of sp³-hybridized carbons (Fsp3) is 0.423. The predicted octanol–water partition coefficient (Wildman–Crippen LogP) is 4.75. The number of amides is 1. The second-order valence-electron chi connectivity index (χ2n) is 9.28. The molecule has 1 aliphatic heterocycles. The third kappa shape index (κ3) is 4.85. The number of ether oxygens (including phenoxy) is 2. The summed E-state index contributed by atoms with van der Waals surface area (Å²) in [6, 6.07) is 7.45. The van der Waals surface area contributed by atoms with E-state index in [1.54, 1.807) is 6.07 Å². The van der Waals surface area contributed by atoms with Crippen LogP contribution in [0.5, 0.6) is 11.5 Å². The molecule has 8 nitrogen and oxygen atoms in total. The molecule has 0 saturated carbocycles. The lowest BCUT2D eigenvalue weighted by atomic mass is 9.95. The Morgan fingerprint density at radius 2 is 1.94 bits per heavy atom. The number of hydrogen-bond acceptors (Lipinski definition) is 5. The van der Waals surface area contributed by atoms with Gasteiger partial charge in [-0.15, -0.1) is 0 Å². The third-order valence-corrected chi connectivity index (χ3v) is 5.96. The summed E-state index contributed by atoms with van der Waals surface area (Å²) in [5.41, 5.74) is 5.88. The zero-order valence-electron chi connectivity index (χ0n) is 20.6. The van der Waals surface area contributed by atoms with Crippen molar-refractivity contribution >= 4 is 5.91 Å². The molecule has 8 heteroatoms. The fourth-order valence-corrected chi connectivity index (χ4v) is 4.27. The number of aromatic nitrogens is 4. The lowest BCUT2D eigenvalue weighted by Gasteiger charge is -2.23. The molecule has 4 rings (SSSR count). The smallest absolute Gasteiger partial charge is 0.269 e. The van der Waals surface area contributed by atoms with E-state index in [0.717, 1.165) is 46.0 Å². The van der Waals surface area contributed by atoms with Crippen molar-refractivity contribution in [3.8, 4) is 22.8 Å². The van der Waals surface area contributed by atoms with E-state index in [2.05, 4.69) is 41.0 Å². The summed E-state index contributed by atoms with van der Waals surface area (Å²) in [5, 5.41) is 15.1. The van der Waals surface area contributed by atoms with Crippen molar-refractivity contribution in [2.45, 2.75) is 53.6 Å². The summed E-state index contributed by atoms with van der Waals surface area (Å²) < 4.78 is 13.5. The summed E-state index contributed by atoms with van der Waals surface area (Å²) in [6.45, 7) is 16.0. The Bertz CT molecular complexity index is 1210. The number of carbonyl (C=O) groups excluding carboxylic acids is 1.